The summed E-state index contributed by atoms with van der Waals surface area (Å²) in [5.41, 5.74) is 2.00. The Morgan fingerprint density at radius 2 is 1.55 bits per heavy atom. The number of likely N-dealkylation sites (tertiary alicyclic amines) is 1. The summed E-state index contributed by atoms with van der Waals surface area (Å²) < 4.78 is 5.12. The van der Waals surface area contributed by atoms with Crippen LogP contribution >= 0.6 is 11.8 Å². The molecule has 156 valence electrons. The van der Waals surface area contributed by atoms with Gasteiger partial charge in [-0.1, -0.05) is 80.4 Å². The van der Waals surface area contributed by atoms with E-state index in [0.29, 0.717) is 6.61 Å². The van der Waals surface area contributed by atoms with E-state index in [4.69, 9.17) is 4.74 Å². The summed E-state index contributed by atoms with van der Waals surface area (Å²) in [5, 5.41) is 0. The fraction of sp³-hybridized carbons (Fsp3) is 0.480. The molecule has 0 unspecified atom stereocenters. The Morgan fingerprint density at radius 1 is 0.966 bits per heavy atom. The minimum Gasteiger partial charge on any atom is -0.463 e. The maximum Gasteiger partial charge on any atom is 0.331 e. The van der Waals surface area contributed by atoms with Crippen LogP contribution in [0.4, 0.5) is 0 Å². The molecule has 0 aromatic heterocycles. The maximum atomic E-state index is 13.6. The van der Waals surface area contributed by atoms with Gasteiger partial charge in [-0.3, -0.25) is 4.90 Å². The topological polar surface area (TPSA) is 29.5 Å². The molecule has 2 aromatic rings. The number of carbonyl (C=O) groups is 1. The van der Waals surface area contributed by atoms with Gasteiger partial charge in [0.15, 0.2) is 4.75 Å². The average molecular weight is 412 g/mol. The number of esters is 1. The van der Waals surface area contributed by atoms with Gasteiger partial charge in [0.25, 0.3) is 0 Å². The summed E-state index contributed by atoms with van der Waals surface area (Å²) in [5.74, 6) is 0.786. The van der Waals surface area contributed by atoms with Gasteiger partial charge in [0.1, 0.15) is 6.61 Å². The van der Waals surface area contributed by atoms with Crippen LogP contribution in [0.2, 0.25) is 0 Å². The van der Waals surface area contributed by atoms with E-state index in [1.807, 2.05) is 36.4 Å². The van der Waals surface area contributed by atoms with Crippen molar-refractivity contribution in [1.29, 1.82) is 0 Å². The van der Waals surface area contributed by atoms with E-state index >= 15 is 0 Å². The fourth-order valence-electron chi connectivity index (χ4n) is 3.93. The lowest BCUT2D eigenvalue weighted by Gasteiger charge is -2.32. The predicted octanol–water partition coefficient (Wildman–Crippen LogP) is 5.49. The van der Waals surface area contributed by atoms with Crippen molar-refractivity contribution in [3.05, 3.63) is 71.8 Å². The van der Waals surface area contributed by atoms with Crippen molar-refractivity contribution >= 4 is 17.7 Å². The number of hydrogen-bond acceptors (Lipinski definition) is 4. The van der Waals surface area contributed by atoms with Crippen LogP contribution in [0.1, 0.15) is 50.2 Å². The number of hydrogen-bond donors (Lipinski definition) is 0. The summed E-state index contributed by atoms with van der Waals surface area (Å²) in [7, 11) is 0. The van der Waals surface area contributed by atoms with Crippen LogP contribution in [-0.4, -0.2) is 42.9 Å². The Hall–Kier alpha value is -1.78. The molecule has 0 spiro atoms. The molecule has 4 heteroatoms. The van der Waals surface area contributed by atoms with E-state index in [-0.39, 0.29) is 5.97 Å². The molecule has 3 nitrogen and oxygen atoms in total. The fourth-order valence-corrected chi connectivity index (χ4v) is 5.36. The lowest BCUT2D eigenvalue weighted by atomic mass is 9.90. The highest BCUT2D eigenvalue weighted by atomic mass is 32.2. The van der Waals surface area contributed by atoms with Crippen LogP contribution in [0.3, 0.4) is 0 Å². The largest absolute Gasteiger partial charge is 0.463 e. The van der Waals surface area contributed by atoms with Gasteiger partial charge in [-0.2, -0.15) is 0 Å². The van der Waals surface area contributed by atoms with E-state index < -0.39 is 4.75 Å². The van der Waals surface area contributed by atoms with Gasteiger partial charge in [0.05, 0.1) is 0 Å². The molecule has 3 rings (SSSR count). The van der Waals surface area contributed by atoms with Crippen LogP contribution in [0, 0.1) is 0 Å². The molecule has 1 aliphatic rings. The number of ether oxygens (including phenoxy) is 1. The molecule has 2 aromatic carbocycles. The Kier molecular flexibility index (Phi) is 8.63. The lowest BCUT2D eigenvalue weighted by molar-refractivity contribution is -0.146. The SMILES string of the molecule is CCCCCSC(C(=O)OCCN1CCCC1)(c1ccccc1)c1ccccc1. The van der Waals surface area contributed by atoms with Crippen molar-refractivity contribution in [3.8, 4) is 0 Å². The van der Waals surface area contributed by atoms with Crippen molar-refractivity contribution in [2.75, 3.05) is 32.0 Å². The molecular formula is C25H33NO2S. The molecule has 1 fully saturated rings. The molecule has 1 saturated heterocycles. The number of unbranched alkanes of at least 4 members (excludes halogenated alkanes) is 2. The molecular weight excluding hydrogens is 378 g/mol. The second-order valence-corrected chi connectivity index (χ2v) is 8.96. The van der Waals surface area contributed by atoms with Gasteiger partial charge in [-0.15, -0.1) is 11.8 Å². The highest BCUT2D eigenvalue weighted by Gasteiger charge is 2.44. The number of thioether (sulfide) groups is 1. The van der Waals surface area contributed by atoms with Gasteiger partial charge < -0.3 is 4.74 Å². The quantitative estimate of drug-likeness (QED) is 0.361. The molecule has 0 N–H and O–H groups in total. The van der Waals surface area contributed by atoms with Crippen LogP contribution in [0.25, 0.3) is 0 Å². The summed E-state index contributed by atoms with van der Waals surface area (Å²) >= 11 is 1.72. The van der Waals surface area contributed by atoms with Gasteiger partial charge in [0.2, 0.25) is 0 Å². The molecule has 0 saturated carbocycles. The lowest BCUT2D eigenvalue weighted by Crippen LogP contribution is -2.37. The Balaban J connectivity index is 1.86. The van der Waals surface area contributed by atoms with Crippen LogP contribution in [0.5, 0.6) is 0 Å². The highest BCUT2D eigenvalue weighted by Crippen LogP contribution is 2.44. The Bertz CT molecular complexity index is 690. The second kappa shape index (κ2) is 11.4. The van der Waals surface area contributed by atoms with E-state index in [1.165, 1.54) is 25.7 Å². The standard InChI is InChI=1S/C25H33NO2S/c1-2-3-12-21-29-25(22-13-6-4-7-14-22,23-15-8-5-9-16-23)24(27)28-20-19-26-17-10-11-18-26/h4-9,13-16H,2-3,10-12,17-21H2,1H3. The van der Waals surface area contributed by atoms with E-state index in [1.54, 1.807) is 11.8 Å². The van der Waals surface area contributed by atoms with Gasteiger partial charge in [0, 0.05) is 6.54 Å². The zero-order valence-electron chi connectivity index (χ0n) is 17.5. The van der Waals surface area contributed by atoms with Gasteiger partial charge in [-0.25, -0.2) is 4.79 Å². The van der Waals surface area contributed by atoms with E-state index in [0.717, 1.165) is 42.9 Å². The zero-order valence-corrected chi connectivity index (χ0v) is 18.3. The summed E-state index contributed by atoms with van der Waals surface area (Å²) in [6.07, 6.45) is 5.95. The molecule has 0 atom stereocenters. The maximum absolute atomic E-state index is 13.6. The highest BCUT2D eigenvalue weighted by molar-refractivity contribution is 8.01. The molecule has 0 aliphatic carbocycles. The first-order valence-electron chi connectivity index (χ1n) is 10.9. The number of rotatable bonds is 11. The van der Waals surface area contributed by atoms with Gasteiger partial charge in [-0.05, 0) is 49.2 Å². The molecule has 1 aliphatic heterocycles. The van der Waals surface area contributed by atoms with Crippen molar-refractivity contribution in [2.45, 2.75) is 43.8 Å². The molecule has 0 amide bonds. The van der Waals surface area contributed by atoms with Crippen LogP contribution in [0.15, 0.2) is 60.7 Å². The summed E-state index contributed by atoms with van der Waals surface area (Å²) in [4.78, 5) is 16.0. The Labute approximate surface area is 179 Å². The van der Waals surface area contributed by atoms with Crippen molar-refractivity contribution in [3.63, 3.8) is 0 Å². The van der Waals surface area contributed by atoms with Gasteiger partial charge >= 0.3 is 5.97 Å². The monoisotopic (exact) mass is 411 g/mol. The first-order chi connectivity index (χ1) is 14.3. The van der Waals surface area contributed by atoms with Crippen molar-refractivity contribution in [2.24, 2.45) is 0 Å². The van der Waals surface area contributed by atoms with E-state index in [9.17, 15) is 4.79 Å². The minimum absolute atomic E-state index is 0.143. The average Bonchev–Trinajstić information content (AvgIpc) is 3.29. The van der Waals surface area contributed by atoms with E-state index in [2.05, 4.69) is 36.1 Å². The van der Waals surface area contributed by atoms with Crippen molar-refractivity contribution < 1.29 is 9.53 Å². The summed E-state index contributed by atoms with van der Waals surface area (Å²) in [6, 6.07) is 20.3. The van der Waals surface area contributed by atoms with Crippen LogP contribution < -0.4 is 0 Å². The van der Waals surface area contributed by atoms with Crippen LogP contribution in [-0.2, 0) is 14.3 Å². The second-order valence-electron chi connectivity index (χ2n) is 7.65. The molecule has 0 bridgehead atoms. The third-order valence-corrected chi connectivity index (χ3v) is 7.12. The number of benzene rings is 2. The summed E-state index contributed by atoms with van der Waals surface area (Å²) in [6.45, 7) is 5.72. The number of carbonyl (C=O) groups excluding carboxylic acids is 1. The smallest absolute Gasteiger partial charge is 0.331 e. The third-order valence-electron chi connectivity index (χ3n) is 5.55. The van der Waals surface area contributed by atoms with Crippen molar-refractivity contribution in [1.82, 2.24) is 4.90 Å². The first kappa shape index (κ1) is 21.9. The Morgan fingerprint density at radius 3 is 2.10 bits per heavy atom. The molecule has 1 heterocycles. The first-order valence-corrected chi connectivity index (χ1v) is 11.9. The minimum atomic E-state index is -0.818. The number of nitrogens with zero attached hydrogens (tertiary/aromatic N) is 1. The predicted molar refractivity (Wildman–Crippen MR) is 122 cm³/mol. The normalized spacial score (nSPS) is 14.8. The third kappa shape index (κ3) is 5.64. The molecule has 29 heavy (non-hydrogen) atoms. The zero-order chi connectivity index (χ0) is 20.4. The molecule has 0 radical (unpaired) electrons.